The van der Waals surface area contributed by atoms with Crippen molar-refractivity contribution >= 4 is 0 Å². The fourth-order valence-corrected chi connectivity index (χ4v) is 1.10. The molecular formula is C10H14N2O. The largest absolute Gasteiger partial charge is 0.465 e. The summed E-state index contributed by atoms with van der Waals surface area (Å²) < 4.78 is 5.39. The smallest absolute Gasteiger partial charge is 0.117 e. The van der Waals surface area contributed by atoms with E-state index in [-0.39, 0.29) is 5.41 Å². The van der Waals surface area contributed by atoms with Gasteiger partial charge in [-0.25, -0.2) is 0 Å². The van der Waals surface area contributed by atoms with E-state index >= 15 is 0 Å². The van der Waals surface area contributed by atoms with Crippen LogP contribution in [-0.2, 0) is 13.0 Å². The molecule has 0 spiro atoms. The maximum Gasteiger partial charge on any atom is 0.117 e. The summed E-state index contributed by atoms with van der Waals surface area (Å²) in [7, 11) is 0. The maximum absolute atomic E-state index is 8.80. The van der Waals surface area contributed by atoms with Crippen molar-refractivity contribution in [3.05, 3.63) is 23.7 Å². The van der Waals surface area contributed by atoms with Crippen LogP contribution in [-0.4, -0.2) is 0 Å². The number of hydrogen-bond acceptors (Lipinski definition) is 3. The minimum atomic E-state index is -0.371. The average molecular weight is 178 g/mol. The monoisotopic (exact) mass is 178 g/mol. The molecule has 1 heterocycles. The molecule has 0 aromatic carbocycles. The lowest BCUT2D eigenvalue weighted by molar-refractivity contribution is 0.397. The Bertz CT molecular complexity index is 320. The van der Waals surface area contributed by atoms with Gasteiger partial charge in [-0.1, -0.05) is 0 Å². The minimum Gasteiger partial charge on any atom is -0.465 e. The second-order valence-electron chi connectivity index (χ2n) is 3.74. The van der Waals surface area contributed by atoms with Gasteiger partial charge in [-0.15, -0.1) is 0 Å². The summed E-state index contributed by atoms with van der Waals surface area (Å²) >= 11 is 0. The molecule has 1 rings (SSSR count). The van der Waals surface area contributed by atoms with E-state index < -0.39 is 0 Å². The summed E-state index contributed by atoms with van der Waals surface area (Å²) in [6.07, 6.45) is 0.628. The molecule has 0 saturated carbocycles. The highest BCUT2D eigenvalue weighted by Crippen LogP contribution is 2.21. The predicted octanol–water partition coefficient (Wildman–Crippen LogP) is 1.83. The summed E-state index contributed by atoms with van der Waals surface area (Å²) in [5, 5.41) is 8.80. The molecule has 0 aliphatic carbocycles. The minimum absolute atomic E-state index is 0.371. The third-order valence-corrected chi connectivity index (χ3v) is 1.84. The van der Waals surface area contributed by atoms with E-state index in [4.69, 9.17) is 15.4 Å². The predicted molar refractivity (Wildman–Crippen MR) is 49.7 cm³/mol. The molecule has 70 valence electrons. The Labute approximate surface area is 78.1 Å². The van der Waals surface area contributed by atoms with Crippen molar-refractivity contribution < 1.29 is 4.42 Å². The number of hydrogen-bond donors (Lipinski definition) is 1. The first kappa shape index (κ1) is 9.82. The lowest BCUT2D eigenvalue weighted by Gasteiger charge is -2.11. The van der Waals surface area contributed by atoms with Crippen LogP contribution in [0.5, 0.6) is 0 Å². The van der Waals surface area contributed by atoms with Gasteiger partial charge in [0.05, 0.1) is 18.0 Å². The van der Waals surface area contributed by atoms with Crippen LogP contribution in [0.3, 0.4) is 0 Å². The van der Waals surface area contributed by atoms with E-state index in [9.17, 15) is 0 Å². The first-order valence-electron chi connectivity index (χ1n) is 4.26. The second-order valence-corrected chi connectivity index (χ2v) is 3.74. The van der Waals surface area contributed by atoms with Crippen molar-refractivity contribution in [3.8, 4) is 6.07 Å². The van der Waals surface area contributed by atoms with Crippen molar-refractivity contribution in [2.75, 3.05) is 0 Å². The summed E-state index contributed by atoms with van der Waals surface area (Å²) in [5.74, 6) is 1.59. The van der Waals surface area contributed by atoms with Gasteiger partial charge < -0.3 is 10.2 Å². The van der Waals surface area contributed by atoms with Gasteiger partial charge in [0, 0.05) is 6.42 Å². The van der Waals surface area contributed by atoms with Crippen LogP contribution in [0.1, 0.15) is 25.4 Å². The molecule has 0 radical (unpaired) electrons. The highest BCUT2D eigenvalue weighted by atomic mass is 16.3. The Morgan fingerprint density at radius 1 is 1.46 bits per heavy atom. The van der Waals surface area contributed by atoms with Crippen LogP contribution in [0.25, 0.3) is 0 Å². The number of rotatable bonds is 3. The van der Waals surface area contributed by atoms with Crippen LogP contribution >= 0.6 is 0 Å². The number of nitrogens with zero attached hydrogens (tertiary/aromatic N) is 1. The number of nitrogens with two attached hydrogens (primary N) is 1. The molecule has 1 aromatic heterocycles. The molecule has 0 unspecified atom stereocenters. The van der Waals surface area contributed by atoms with E-state index in [1.807, 2.05) is 26.0 Å². The Kier molecular flexibility index (Phi) is 2.74. The van der Waals surface area contributed by atoms with E-state index in [0.717, 1.165) is 11.5 Å². The molecule has 0 aliphatic rings. The molecule has 0 aliphatic heterocycles. The fraction of sp³-hybridized carbons (Fsp3) is 0.500. The highest BCUT2D eigenvalue weighted by Gasteiger charge is 2.19. The van der Waals surface area contributed by atoms with Crippen molar-refractivity contribution in [2.24, 2.45) is 11.1 Å². The standard InChI is InChI=1S/C10H14N2O/c1-10(2,7-12)5-8-3-4-9(6-11)13-8/h3-4H,5-6,11H2,1-2H3. The topological polar surface area (TPSA) is 63.0 Å². The van der Waals surface area contributed by atoms with Gasteiger partial charge in [0.25, 0.3) is 0 Å². The molecule has 0 fully saturated rings. The summed E-state index contributed by atoms with van der Waals surface area (Å²) in [6, 6.07) is 5.95. The molecule has 0 saturated heterocycles. The third kappa shape index (κ3) is 2.60. The van der Waals surface area contributed by atoms with E-state index in [2.05, 4.69) is 6.07 Å². The Morgan fingerprint density at radius 3 is 2.54 bits per heavy atom. The maximum atomic E-state index is 8.80. The molecule has 3 heteroatoms. The molecule has 1 aromatic rings. The average Bonchev–Trinajstić information content (AvgIpc) is 2.52. The van der Waals surface area contributed by atoms with Crippen molar-refractivity contribution in [1.82, 2.24) is 0 Å². The van der Waals surface area contributed by atoms with Crippen LogP contribution < -0.4 is 5.73 Å². The molecule has 0 amide bonds. The van der Waals surface area contributed by atoms with Gasteiger partial charge in [0.15, 0.2) is 0 Å². The number of nitriles is 1. The van der Waals surface area contributed by atoms with E-state index in [0.29, 0.717) is 13.0 Å². The van der Waals surface area contributed by atoms with Crippen LogP contribution in [0.15, 0.2) is 16.5 Å². The van der Waals surface area contributed by atoms with Crippen LogP contribution in [0, 0.1) is 16.7 Å². The first-order valence-corrected chi connectivity index (χ1v) is 4.26. The molecule has 0 bridgehead atoms. The molecule has 2 N–H and O–H groups in total. The SMILES string of the molecule is CC(C)(C#N)Cc1ccc(CN)o1. The van der Waals surface area contributed by atoms with E-state index in [1.54, 1.807) is 0 Å². The zero-order valence-corrected chi connectivity index (χ0v) is 8.00. The summed E-state index contributed by atoms with van der Waals surface area (Å²) in [4.78, 5) is 0. The summed E-state index contributed by atoms with van der Waals surface area (Å²) in [6.45, 7) is 4.18. The lowest BCUT2D eigenvalue weighted by atomic mass is 9.90. The second kappa shape index (κ2) is 3.63. The van der Waals surface area contributed by atoms with Gasteiger partial charge >= 0.3 is 0 Å². The zero-order valence-electron chi connectivity index (χ0n) is 8.00. The Morgan fingerprint density at radius 2 is 2.08 bits per heavy atom. The third-order valence-electron chi connectivity index (χ3n) is 1.84. The van der Waals surface area contributed by atoms with Gasteiger partial charge in [0.2, 0.25) is 0 Å². The van der Waals surface area contributed by atoms with E-state index in [1.165, 1.54) is 0 Å². The van der Waals surface area contributed by atoms with Gasteiger partial charge in [-0.05, 0) is 26.0 Å². The van der Waals surface area contributed by atoms with Crippen LogP contribution in [0.4, 0.5) is 0 Å². The Balaban J connectivity index is 2.70. The van der Waals surface area contributed by atoms with Gasteiger partial charge in [-0.3, -0.25) is 0 Å². The van der Waals surface area contributed by atoms with Gasteiger partial charge in [-0.2, -0.15) is 5.26 Å². The lowest BCUT2D eigenvalue weighted by Crippen LogP contribution is -2.11. The zero-order chi connectivity index (χ0) is 9.90. The normalized spacial score (nSPS) is 11.2. The summed E-state index contributed by atoms with van der Waals surface area (Å²) in [5.41, 5.74) is 5.03. The molecule has 3 nitrogen and oxygen atoms in total. The van der Waals surface area contributed by atoms with Crippen LogP contribution in [0.2, 0.25) is 0 Å². The van der Waals surface area contributed by atoms with Crippen molar-refractivity contribution in [2.45, 2.75) is 26.8 Å². The first-order chi connectivity index (χ1) is 6.07. The molecule has 13 heavy (non-hydrogen) atoms. The number of furan rings is 1. The molecule has 0 atom stereocenters. The highest BCUT2D eigenvalue weighted by molar-refractivity contribution is 5.11. The fourth-order valence-electron chi connectivity index (χ4n) is 1.10. The molecular weight excluding hydrogens is 164 g/mol. The Hall–Kier alpha value is -1.27. The van der Waals surface area contributed by atoms with Crippen molar-refractivity contribution in [1.29, 1.82) is 5.26 Å². The quantitative estimate of drug-likeness (QED) is 0.768. The van der Waals surface area contributed by atoms with Crippen molar-refractivity contribution in [3.63, 3.8) is 0 Å². The van der Waals surface area contributed by atoms with Gasteiger partial charge in [0.1, 0.15) is 11.5 Å².